The Labute approximate surface area is 171 Å². The largest absolute Gasteiger partial charge is 0.493 e. The monoisotopic (exact) mass is 485 g/mol. The van der Waals surface area contributed by atoms with Crippen LogP contribution in [0, 0.1) is 0 Å². The fourth-order valence-corrected chi connectivity index (χ4v) is 4.28. The number of fused-ring (bicyclic) bond motifs is 2. The van der Waals surface area contributed by atoms with E-state index in [2.05, 4.69) is 47.1 Å². The van der Waals surface area contributed by atoms with E-state index in [9.17, 15) is 9.90 Å². The number of carbonyl (C=O) groups excluding carboxylic acids is 1. The fraction of sp³-hybridized carbons (Fsp3) is 0.0500. The maximum Gasteiger partial charge on any atom is 0.269 e. The highest BCUT2D eigenvalue weighted by molar-refractivity contribution is 9.11. The zero-order chi connectivity index (χ0) is 19.0. The average Bonchev–Trinajstić information content (AvgIpc) is 2.95. The summed E-state index contributed by atoms with van der Waals surface area (Å²) in [4.78, 5) is 15.1. The van der Waals surface area contributed by atoms with Gasteiger partial charge in [0.15, 0.2) is 5.69 Å². The summed E-state index contributed by atoms with van der Waals surface area (Å²) in [6.07, 6.45) is 0.144. The molecule has 7 heteroatoms. The Morgan fingerprint density at radius 2 is 1.81 bits per heavy atom. The Morgan fingerprint density at radius 1 is 1.04 bits per heavy atom. The fourth-order valence-electron chi connectivity index (χ4n) is 2.96. The van der Waals surface area contributed by atoms with Crippen LogP contribution in [0.3, 0.4) is 0 Å². The molecule has 27 heavy (non-hydrogen) atoms. The van der Waals surface area contributed by atoms with Crippen molar-refractivity contribution in [2.45, 2.75) is 6.42 Å². The van der Waals surface area contributed by atoms with Gasteiger partial charge >= 0.3 is 0 Å². The number of benzene rings is 3. The van der Waals surface area contributed by atoms with E-state index in [1.54, 1.807) is 6.07 Å². The second-order valence-electron chi connectivity index (χ2n) is 6.08. The first kappa shape index (κ1) is 17.9. The minimum atomic E-state index is -0.381. The Balaban J connectivity index is 1.60. The van der Waals surface area contributed by atoms with Crippen molar-refractivity contribution < 1.29 is 9.90 Å². The molecule has 1 amide bonds. The number of hydrogen-bond acceptors (Lipinski definition) is 3. The molecule has 0 saturated heterocycles. The van der Waals surface area contributed by atoms with Gasteiger partial charge in [-0.1, -0.05) is 58.4 Å². The summed E-state index contributed by atoms with van der Waals surface area (Å²) < 4.78 is 1.59. The van der Waals surface area contributed by atoms with E-state index in [4.69, 9.17) is 0 Å². The molecular weight excluding hydrogens is 474 g/mol. The maximum absolute atomic E-state index is 12.3. The van der Waals surface area contributed by atoms with Crippen molar-refractivity contribution in [2.75, 3.05) is 0 Å². The van der Waals surface area contributed by atoms with E-state index in [0.29, 0.717) is 10.9 Å². The summed E-state index contributed by atoms with van der Waals surface area (Å²) in [6, 6.07) is 17.5. The van der Waals surface area contributed by atoms with Crippen LogP contribution in [0.1, 0.15) is 5.56 Å². The summed E-state index contributed by atoms with van der Waals surface area (Å²) in [6.45, 7) is 0. The van der Waals surface area contributed by atoms with E-state index >= 15 is 0 Å². The minimum Gasteiger partial charge on any atom is -0.493 e. The van der Waals surface area contributed by atoms with Crippen molar-refractivity contribution in [3.8, 4) is 5.88 Å². The molecule has 0 aliphatic carbocycles. The van der Waals surface area contributed by atoms with Gasteiger partial charge in [-0.25, -0.2) is 0 Å². The van der Waals surface area contributed by atoms with Gasteiger partial charge in [0.1, 0.15) is 0 Å². The molecule has 0 aliphatic heterocycles. The molecule has 0 atom stereocenters. The Morgan fingerprint density at radius 3 is 2.63 bits per heavy atom. The molecule has 0 aliphatic rings. The second kappa shape index (κ2) is 7.25. The third kappa shape index (κ3) is 3.65. The molecule has 3 aromatic carbocycles. The third-order valence-corrected chi connectivity index (χ3v) is 5.29. The molecule has 1 aromatic heterocycles. The first-order valence-electron chi connectivity index (χ1n) is 8.13. The van der Waals surface area contributed by atoms with Crippen LogP contribution in [0.2, 0.25) is 0 Å². The summed E-state index contributed by atoms with van der Waals surface area (Å²) in [5.41, 5.74) is 1.79. The number of carbonyl (C=O) groups is 1. The van der Waals surface area contributed by atoms with E-state index in [1.165, 1.54) is 0 Å². The van der Waals surface area contributed by atoms with Crippen LogP contribution in [0.25, 0.3) is 21.7 Å². The van der Waals surface area contributed by atoms with E-state index < -0.39 is 0 Å². The lowest BCUT2D eigenvalue weighted by Crippen LogP contribution is -1.97. The first-order chi connectivity index (χ1) is 13.0. The number of nitrogens with one attached hydrogen (secondary N) is 1. The summed E-state index contributed by atoms with van der Waals surface area (Å²) in [5.74, 6) is -0.515. The number of nitrogens with zero attached hydrogens (tertiary/aromatic N) is 2. The summed E-state index contributed by atoms with van der Waals surface area (Å²) in [5, 5.41) is 20.7. The molecule has 134 valence electrons. The molecule has 0 bridgehead atoms. The average molecular weight is 487 g/mol. The molecule has 0 saturated carbocycles. The topological polar surface area (TPSA) is 77.8 Å². The Kier molecular flexibility index (Phi) is 4.80. The van der Waals surface area contributed by atoms with Gasteiger partial charge in [0.25, 0.3) is 5.91 Å². The van der Waals surface area contributed by atoms with Gasteiger partial charge in [0.05, 0.1) is 11.9 Å². The molecule has 4 aromatic rings. The standard InChI is InChI=1S/C20H13Br2N3O2/c21-14-9-15-18(16(22)10-14)23-20(27)19(15)25-24-17(26)8-11-5-6-12-3-1-2-4-13(12)7-11/h1-7,9-10,23,27H,8H2. The second-order valence-corrected chi connectivity index (χ2v) is 7.85. The number of hydrogen-bond donors (Lipinski definition) is 2. The van der Waals surface area contributed by atoms with Gasteiger partial charge in [-0.2, -0.15) is 0 Å². The molecule has 0 fully saturated rings. The highest BCUT2D eigenvalue weighted by Gasteiger charge is 2.14. The van der Waals surface area contributed by atoms with Gasteiger partial charge < -0.3 is 10.1 Å². The number of rotatable bonds is 3. The van der Waals surface area contributed by atoms with Gasteiger partial charge in [0, 0.05) is 14.3 Å². The molecule has 1 heterocycles. The van der Waals surface area contributed by atoms with E-state index in [-0.39, 0.29) is 23.9 Å². The molecule has 0 unspecified atom stereocenters. The lowest BCUT2D eigenvalue weighted by atomic mass is 10.1. The lowest BCUT2D eigenvalue weighted by molar-refractivity contribution is -0.117. The first-order valence-corrected chi connectivity index (χ1v) is 9.72. The van der Waals surface area contributed by atoms with Gasteiger partial charge in [-0.15, -0.1) is 10.2 Å². The number of aromatic hydroxyl groups is 1. The van der Waals surface area contributed by atoms with Gasteiger partial charge in [-0.05, 0) is 44.4 Å². The zero-order valence-corrected chi connectivity index (χ0v) is 17.1. The number of amides is 1. The normalized spacial score (nSPS) is 11.6. The predicted octanol–water partition coefficient (Wildman–Crippen LogP) is 6.40. The number of H-pyrrole nitrogens is 1. The number of aromatic nitrogens is 1. The zero-order valence-electron chi connectivity index (χ0n) is 13.9. The number of halogens is 2. The van der Waals surface area contributed by atoms with Gasteiger partial charge in [-0.3, -0.25) is 4.79 Å². The van der Waals surface area contributed by atoms with Gasteiger partial charge in [0.2, 0.25) is 5.88 Å². The van der Waals surface area contributed by atoms with E-state index in [1.807, 2.05) is 48.5 Å². The minimum absolute atomic E-state index is 0.133. The van der Waals surface area contributed by atoms with Crippen molar-refractivity contribution >= 4 is 65.1 Å². The van der Waals surface area contributed by atoms with Crippen LogP contribution in [0.4, 0.5) is 5.69 Å². The molecule has 0 radical (unpaired) electrons. The maximum atomic E-state index is 12.3. The number of azo groups is 1. The van der Waals surface area contributed by atoms with Crippen LogP contribution in [0.5, 0.6) is 5.88 Å². The lowest BCUT2D eigenvalue weighted by Gasteiger charge is -2.01. The Bertz CT molecular complexity index is 1210. The van der Waals surface area contributed by atoms with Crippen LogP contribution < -0.4 is 0 Å². The van der Waals surface area contributed by atoms with E-state index in [0.717, 1.165) is 25.3 Å². The van der Waals surface area contributed by atoms with Crippen LogP contribution in [-0.4, -0.2) is 16.0 Å². The smallest absolute Gasteiger partial charge is 0.269 e. The predicted molar refractivity (Wildman–Crippen MR) is 113 cm³/mol. The molecule has 5 nitrogen and oxygen atoms in total. The van der Waals surface area contributed by atoms with Crippen LogP contribution in [-0.2, 0) is 11.2 Å². The molecule has 4 rings (SSSR count). The van der Waals surface area contributed by atoms with Crippen molar-refractivity contribution in [1.29, 1.82) is 0 Å². The Hall–Kier alpha value is -2.51. The van der Waals surface area contributed by atoms with Crippen molar-refractivity contribution in [3.05, 3.63) is 69.1 Å². The quantitative estimate of drug-likeness (QED) is 0.328. The molecular formula is C20H13Br2N3O2. The summed E-state index contributed by atoms with van der Waals surface area (Å²) in [7, 11) is 0. The van der Waals surface area contributed by atoms with Crippen molar-refractivity contribution in [1.82, 2.24) is 4.98 Å². The summed E-state index contributed by atoms with van der Waals surface area (Å²) >= 11 is 6.83. The molecule has 2 N–H and O–H groups in total. The highest BCUT2D eigenvalue weighted by atomic mass is 79.9. The van der Waals surface area contributed by atoms with Crippen LogP contribution in [0.15, 0.2) is 73.8 Å². The number of aromatic amines is 1. The van der Waals surface area contributed by atoms with Crippen molar-refractivity contribution in [3.63, 3.8) is 0 Å². The van der Waals surface area contributed by atoms with Crippen molar-refractivity contribution in [2.24, 2.45) is 10.2 Å². The SMILES string of the molecule is O=C(Cc1ccc2ccccc2c1)N=Nc1c(O)[nH]c2c(Br)cc(Br)cc12. The van der Waals surface area contributed by atoms with Crippen LogP contribution >= 0.6 is 31.9 Å². The molecule has 0 spiro atoms. The third-order valence-electron chi connectivity index (χ3n) is 4.21. The highest BCUT2D eigenvalue weighted by Crippen LogP contribution is 2.40.